The minimum absolute atomic E-state index is 0.0632. The van der Waals surface area contributed by atoms with E-state index in [1.54, 1.807) is 18.0 Å². The standard InChI is InChI=1S/C12H12N2O2S2/c13-12-14-5-11(18-12)17-7-8-6-15-9-3-1-2-4-10(9)16-8/h1-5,8H,6-7H2,(H2,13,14). The van der Waals surface area contributed by atoms with Crippen LogP contribution in [0.3, 0.4) is 0 Å². The van der Waals surface area contributed by atoms with E-state index < -0.39 is 0 Å². The monoisotopic (exact) mass is 280 g/mol. The number of ether oxygens (including phenoxy) is 2. The Labute approximate surface area is 113 Å². The third-order valence-corrected chi connectivity index (χ3v) is 4.63. The molecule has 1 aromatic carbocycles. The largest absolute Gasteiger partial charge is 0.486 e. The first kappa shape index (κ1) is 11.7. The number of hydrogen-bond donors (Lipinski definition) is 1. The van der Waals surface area contributed by atoms with Crippen molar-refractivity contribution in [3.05, 3.63) is 30.5 Å². The Hall–Kier alpha value is -1.40. The van der Waals surface area contributed by atoms with Crippen LogP contribution < -0.4 is 15.2 Å². The summed E-state index contributed by atoms with van der Waals surface area (Å²) in [4.78, 5) is 4.02. The van der Waals surface area contributed by atoms with Crippen LogP contribution in [-0.2, 0) is 0 Å². The predicted molar refractivity (Wildman–Crippen MR) is 73.6 cm³/mol. The van der Waals surface area contributed by atoms with Crippen LogP contribution in [0.1, 0.15) is 0 Å². The maximum Gasteiger partial charge on any atom is 0.181 e. The zero-order valence-electron chi connectivity index (χ0n) is 9.54. The average Bonchev–Trinajstić information content (AvgIpc) is 2.82. The highest BCUT2D eigenvalue weighted by molar-refractivity contribution is 8.01. The van der Waals surface area contributed by atoms with Gasteiger partial charge >= 0.3 is 0 Å². The molecule has 0 bridgehead atoms. The highest BCUT2D eigenvalue weighted by atomic mass is 32.2. The lowest BCUT2D eigenvalue weighted by molar-refractivity contribution is 0.107. The molecular formula is C12H12N2O2S2. The van der Waals surface area contributed by atoms with Crippen molar-refractivity contribution in [2.75, 3.05) is 18.1 Å². The SMILES string of the molecule is Nc1ncc(SCC2COc3ccccc3O2)s1. The molecule has 0 saturated carbocycles. The van der Waals surface area contributed by atoms with Crippen molar-refractivity contribution in [3.63, 3.8) is 0 Å². The molecular weight excluding hydrogens is 268 g/mol. The van der Waals surface area contributed by atoms with E-state index >= 15 is 0 Å². The topological polar surface area (TPSA) is 57.4 Å². The predicted octanol–water partition coefficient (Wildman–Crippen LogP) is 2.66. The maximum atomic E-state index is 5.87. The molecule has 0 spiro atoms. The van der Waals surface area contributed by atoms with E-state index in [0.29, 0.717) is 11.7 Å². The molecule has 2 N–H and O–H groups in total. The molecule has 0 fully saturated rings. The molecule has 1 aliphatic heterocycles. The minimum atomic E-state index is 0.0632. The Morgan fingerprint density at radius 2 is 2.22 bits per heavy atom. The third-order valence-electron chi connectivity index (χ3n) is 2.48. The zero-order valence-corrected chi connectivity index (χ0v) is 11.2. The maximum absolute atomic E-state index is 5.87. The highest BCUT2D eigenvalue weighted by Gasteiger charge is 2.20. The Balaban J connectivity index is 1.59. The van der Waals surface area contributed by atoms with Crippen molar-refractivity contribution in [3.8, 4) is 11.5 Å². The van der Waals surface area contributed by atoms with Crippen molar-refractivity contribution < 1.29 is 9.47 Å². The molecule has 94 valence electrons. The number of aromatic nitrogens is 1. The zero-order chi connectivity index (χ0) is 12.4. The van der Waals surface area contributed by atoms with E-state index in [9.17, 15) is 0 Å². The molecule has 0 amide bonds. The van der Waals surface area contributed by atoms with Gasteiger partial charge in [-0.1, -0.05) is 23.5 Å². The minimum Gasteiger partial charge on any atom is -0.486 e. The van der Waals surface area contributed by atoms with Gasteiger partial charge in [-0.05, 0) is 12.1 Å². The number of nitrogen functional groups attached to an aromatic ring is 1. The molecule has 3 rings (SSSR count). The lowest BCUT2D eigenvalue weighted by atomic mass is 10.3. The van der Waals surface area contributed by atoms with Crippen molar-refractivity contribution in [2.45, 2.75) is 10.3 Å². The number of hydrogen-bond acceptors (Lipinski definition) is 6. The number of nitrogens with zero attached hydrogens (tertiary/aromatic N) is 1. The summed E-state index contributed by atoms with van der Waals surface area (Å²) in [5.74, 6) is 2.47. The number of nitrogens with two attached hydrogens (primary N) is 1. The number of anilines is 1. The Kier molecular flexibility index (Phi) is 3.29. The van der Waals surface area contributed by atoms with E-state index in [4.69, 9.17) is 15.2 Å². The molecule has 1 aromatic heterocycles. The average molecular weight is 280 g/mol. The number of para-hydroxylation sites is 2. The van der Waals surface area contributed by atoms with Crippen molar-refractivity contribution in [1.82, 2.24) is 4.98 Å². The molecule has 1 atom stereocenters. The number of rotatable bonds is 3. The smallest absolute Gasteiger partial charge is 0.181 e. The van der Waals surface area contributed by atoms with Gasteiger partial charge in [0.2, 0.25) is 0 Å². The van der Waals surface area contributed by atoms with E-state index in [1.807, 2.05) is 24.3 Å². The second kappa shape index (κ2) is 5.07. The molecule has 0 aliphatic carbocycles. The molecule has 4 nitrogen and oxygen atoms in total. The van der Waals surface area contributed by atoms with Gasteiger partial charge in [-0.15, -0.1) is 11.8 Å². The van der Waals surface area contributed by atoms with Crippen LogP contribution in [0, 0.1) is 0 Å². The molecule has 2 heterocycles. The van der Waals surface area contributed by atoms with E-state index in [1.165, 1.54) is 11.3 Å². The van der Waals surface area contributed by atoms with Gasteiger partial charge < -0.3 is 15.2 Å². The molecule has 1 unspecified atom stereocenters. The van der Waals surface area contributed by atoms with E-state index in [-0.39, 0.29) is 6.10 Å². The van der Waals surface area contributed by atoms with Gasteiger partial charge in [-0.2, -0.15) is 0 Å². The fraction of sp³-hybridized carbons (Fsp3) is 0.250. The first-order chi connectivity index (χ1) is 8.81. The second-order valence-corrected chi connectivity index (χ2v) is 6.21. The van der Waals surface area contributed by atoms with Gasteiger partial charge in [0.1, 0.15) is 12.7 Å². The van der Waals surface area contributed by atoms with Crippen LogP contribution in [0.5, 0.6) is 11.5 Å². The number of thioether (sulfide) groups is 1. The number of fused-ring (bicyclic) bond motifs is 1. The van der Waals surface area contributed by atoms with Gasteiger partial charge in [0.15, 0.2) is 16.6 Å². The Bertz CT molecular complexity index is 544. The lowest BCUT2D eigenvalue weighted by Gasteiger charge is -2.25. The van der Waals surface area contributed by atoms with Crippen LogP contribution in [0.4, 0.5) is 5.13 Å². The summed E-state index contributed by atoms with van der Waals surface area (Å²) in [5, 5.41) is 0.601. The molecule has 0 saturated heterocycles. The molecule has 0 radical (unpaired) electrons. The summed E-state index contributed by atoms with van der Waals surface area (Å²) < 4.78 is 12.6. The van der Waals surface area contributed by atoms with Crippen LogP contribution in [0.2, 0.25) is 0 Å². The summed E-state index contributed by atoms with van der Waals surface area (Å²) in [6.45, 7) is 0.582. The summed E-state index contributed by atoms with van der Waals surface area (Å²) in [7, 11) is 0. The van der Waals surface area contributed by atoms with Crippen LogP contribution in [-0.4, -0.2) is 23.4 Å². The van der Waals surface area contributed by atoms with Crippen molar-refractivity contribution >= 4 is 28.2 Å². The second-order valence-electron chi connectivity index (χ2n) is 3.83. The van der Waals surface area contributed by atoms with Gasteiger partial charge in [0, 0.05) is 5.75 Å². The third kappa shape index (κ3) is 2.54. The first-order valence-electron chi connectivity index (χ1n) is 5.54. The van der Waals surface area contributed by atoms with Crippen LogP contribution in [0.25, 0.3) is 0 Å². The number of benzene rings is 1. The Morgan fingerprint density at radius 1 is 1.39 bits per heavy atom. The summed E-state index contributed by atoms with van der Waals surface area (Å²) in [5.41, 5.74) is 5.59. The fourth-order valence-corrected chi connectivity index (χ4v) is 3.41. The first-order valence-corrected chi connectivity index (χ1v) is 7.34. The van der Waals surface area contributed by atoms with E-state index in [0.717, 1.165) is 21.5 Å². The summed E-state index contributed by atoms with van der Waals surface area (Å²) >= 11 is 3.19. The van der Waals surface area contributed by atoms with Gasteiger partial charge in [-0.3, -0.25) is 0 Å². The van der Waals surface area contributed by atoms with Gasteiger partial charge in [0.05, 0.1) is 10.4 Å². The van der Waals surface area contributed by atoms with Crippen LogP contribution >= 0.6 is 23.1 Å². The van der Waals surface area contributed by atoms with Gasteiger partial charge in [-0.25, -0.2) is 4.98 Å². The lowest BCUT2D eigenvalue weighted by Crippen LogP contribution is -2.31. The molecule has 2 aromatic rings. The Morgan fingerprint density at radius 3 is 3.00 bits per heavy atom. The normalized spacial score (nSPS) is 17.7. The van der Waals surface area contributed by atoms with Gasteiger partial charge in [0.25, 0.3) is 0 Å². The molecule has 18 heavy (non-hydrogen) atoms. The number of thiazole rings is 1. The van der Waals surface area contributed by atoms with Crippen molar-refractivity contribution in [2.24, 2.45) is 0 Å². The van der Waals surface area contributed by atoms with E-state index in [2.05, 4.69) is 4.98 Å². The highest BCUT2D eigenvalue weighted by Crippen LogP contribution is 2.33. The summed E-state index contributed by atoms with van der Waals surface area (Å²) in [6.07, 6.45) is 1.86. The molecule has 6 heteroatoms. The van der Waals surface area contributed by atoms with Crippen molar-refractivity contribution in [1.29, 1.82) is 0 Å². The fourth-order valence-electron chi connectivity index (χ4n) is 1.66. The molecule has 1 aliphatic rings. The quantitative estimate of drug-likeness (QED) is 0.876. The van der Waals surface area contributed by atoms with Crippen LogP contribution in [0.15, 0.2) is 34.7 Å². The summed E-state index contributed by atoms with van der Waals surface area (Å²) in [6, 6.07) is 7.73.